The molecule has 2 aromatic carbocycles. The highest BCUT2D eigenvalue weighted by atomic mass is 19.1. The van der Waals surface area contributed by atoms with Crippen LogP contribution in [0.15, 0.2) is 53.3 Å². The molecule has 0 aliphatic carbocycles. The molecule has 29 heavy (non-hydrogen) atoms. The van der Waals surface area contributed by atoms with E-state index in [2.05, 4.69) is 20.9 Å². The molecule has 2 aromatic heterocycles. The first-order valence-corrected chi connectivity index (χ1v) is 8.87. The van der Waals surface area contributed by atoms with Gasteiger partial charge in [-0.25, -0.2) is 9.07 Å². The van der Waals surface area contributed by atoms with Gasteiger partial charge < -0.3 is 4.98 Å². The summed E-state index contributed by atoms with van der Waals surface area (Å²) in [4.78, 5) is 40.1. The number of aromatic nitrogens is 3. The van der Waals surface area contributed by atoms with Gasteiger partial charge >= 0.3 is 0 Å². The summed E-state index contributed by atoms with van der Waals surface area (Å²) in [5.74, 6) is -1.79. The van der Waals surface area contributed by atoms with E-state index in [-0.39, 0.29) is 28.9 Å². The molecular weight excluding hydrogens is 377 g/mol. The summed E-state index contributed by atoms with van der Waals surface area (Å²) in [6.45, 7) is 2.03. The molecule has 146 valence electrons. The Bertz CT molecular complexity index is 1320. The highest BCUT2D eigenvalue weighted by molar-refractivity contribution is 6.06. The first-order valence-electron chi connectivity index (χ1n) is 8.87. The van der Waals surface area contributed by atoms with Crippen LogP contribution in [0.25, 0.3) is 21.7 Å². The summed E-state index contributed by atoms with van der Waals surface area (Å²) >= 11 is 0. The maximum atomic E-state index is 13.8. The minimum absolute atomic E-state index is 0.00467. The van der Waals surface area contributed by atoms with E-state index < -0.39 is 17.6 Å². The van der Waals surface area contributed by atoms with Crippen LogP contribution in [0, 0.1) is 5.82 Å². The van der Waals surface area contributed by atoms with E-state index in [1.54, 1.807) is 37.3 Å². The predicted molar refractivity (Wildman–Crippen MR) is 105 cm³/mol. The zero-order chi connectivity index (χ0) is 20.5. The molecule has 8 nitrogen and oxygen atoms in total. The van der Waals surface area contributed by atoms with Crippen molar-refractivity contribution in [2.45, 2.75) is 13.5 Å². The molecule has 2 heterocycles. The second-order valence-electron chi connectivity index (χ2n) is 6.31. The van der Waals surface area contributed by atoms with Gasteiger partial charge in [0.1, 0.15) is 11.5 Å². The van der Waals surface area contributed by atoms with Crippen LogP contribution in [0.2, 0.25) is 0 Å². The molecule has 0 saturated heterocycles. The van der Waals surface area contributed by atoms with E-state index in [0.29, 0.717) is 16.3 Å². The van der Waals surface area contributed by atoms with Gasteiger partial charge in [0.25, 0.3) is 17.4 Å². The zero-order valence-electron chi connectivity index (χ0n) is 15.3. The maximum Gasteiger partial charge on any atom is 0.290 e. The summed E-state index contributed by atoms with van der Waals surface area (Å²) in [6, 6.07) is 12.4. The molecule has 0 aliphatic rings. The normalized spacial score (nSPS) is 11.0. The van der Waals surface area contributed by atoms with Gasteiger partial charge in [-0.1, -0.05) is 24.3 Å². The number of amides is 2. The molecule has 0 spiro atoms. The third kappa shape index (κ3) is 3.22. The van der Waals surface area contributed by atoms with Crippen LogP contribution in [0.5, 0.6) is 0 Å². The van der Waals surface area contributed by atoms with Crippen LogP contribution >= 0.6 is 0 Å². The van der Waals surface area contributed by atoms with Gasteiger partial charge in [0.05, 0.1) is 5.39 Å². The number of benzene rings is 2. The molecule has 2 amide bonds. The van der Waals surface area contributed by atoms with E-state index in [1.165, 1.54) is 22.9 Å². The van der Waals surface area contributed by atoms with E-state index in [4.69, 9.17) is 0 Å². The number of hydrogen-bond donors (Lipinski definition) is 3. The average molecular weight is 393 g/mol. The van der Waals surface area contributed by atoms with Crippen LogP contribution in [0.4, 0.5) is 4.39 Å². The molecule has 3 N–H and O–H groups in total. The Morgan fingerprint density at radius 1 is 1.03 bits per heavy atom. The lowest BCUT2D eigenvalue weighted by molar-refractivity contribution is 0.0841. The van der Waals surface area contributed by atoms with Crippen molar-refractivity contribution in [3.8, 4) is 0 Å². The number of H-pyrrole nitrogens is 1. The third-order valence-corrected chi connectivity index (χ3v) is 4.53. The van der Waals surface area contributed by atoms with Crippen molar-refractivity contribution in [2.75, 3.05) is 0 Å². The summed E-state index contributed by atoms with van der Waals surface area (Å²) in [7, 11) is 0. The summed E-state index contributed by atoms with van der Waals surface area (Å²) in [5.41, 5.74) is 4.81. The number of aryl methyl sites for hydroxylation is 1. The third-order valence-electron chi connectivity index (χ3n) is 4.53. The Morgan fingerprint density at radius 3 is 2.48 bits per heavy atom. The first kappa shape index (κ1) is 18.4. The van der Waals surface area contributed by atoms with Crippen molar-refractivity contribution in [3.63, 3.8) is 0 Å². The van der Waals surface area contributed by atoms with Crippen LogP contribution in [0.1, 0.15) is 27.9 Å². The highest BCUT2D eigenvalue weighted by Crippen LogP contribution is 2.18. The van der Waals surface area contributed by atoms with Gasteiger partial charge in [-0.15, -0.1) is 0 Å². The number of hydrazine groups is 1. The number of aromatic amines is 1. The van der Waals surface area contributed by atoms with E-state index in [1.807, 2.05) is 0 Å². The average Bonchev–Trinajstić information content (AvgIpc) is 3.18. The van der Waals surface area contributed by atoms with Crippen LogP contribution in [-0.2, 0) is 6.54 Å². The van der Waals surface area contributed by atoms with Crippen LogP contribution in [0.3, 0.4) is 0 Å². The van der Waals surface area contributed by atoms with E-state index in [9.17, 15) is 18.8 Å². The number of nitrogens with zero attached hydrogens (tertiary/aromatic N) is 2. The quantitative estimate of drug-likeness (QED) is 0.463. The molecule has 4 aromatic rings. The maximum absolute atomic E-state index is 13.8. The van der Waals surface area contributed by atoms with Crippen molar-refractivity contribution in [1.29, 1.82) is 0 Å². The Hall–Kier alpha value is -4.01. The topological polar surface area (TPSA) is 109 Å². The standard InChI is InChI=1S/C20H16FN5O3/c1-2-26-20(29)12-7-4-3-6-11(12)17(25-26)19(28)24-23-18(27)16-10-13-14(21)8-5-9-15(13)22-16/h3-10,22H,2H2,1H3,(H,23,27)(H,24,28). The fourth-order valence-electron chi connectivity index (χ4n) is 3.10. The van der Waals surface area contributed by atoms with Crippen LogP contribution < -0.4 is 16.4 Å². The van der Waals surface area contributed by atoms with Gasteiger partial charge in [0, 0.05) is 22.8 Å². The van der Waals surface area contributed by atoms with Gasteiger partial charge in [-0.3, -0.25) is 25.2 Å². The van der Waals surface area contributed by atoms with Gasteiger partial charge in [-0.2, -0.15) is 5.10 Å². The van der Waals surface area contributed by atoms with Crippen molar-refractivity contribution in [2.24, 2.45) is 0 Å². The van der Waals surface area contributed by atoms with Crippen molar-refractivity contribution in [1.82, 2.24) is 25.6 Å². The molecule has 0 radical (unpaired) electrons. The number of carbonyl (C=O) groups is 2. The van der Waals surface area contributed by atoms with E-state index >= 15 is 0 Å². The molecule has 0 fully saturated rings. The number of halogens is 1. The Balaban J connectivity index is 1.59. The molecule has 0 aliphatic heterocycles. The van der Waals surface area contributed by atoms with Crippen molar-refractivity contribution < 1.29 is 14.0 Å². The van der Waals surface area contributed by atoms with Gasteiger partial charge in [0.15, 0.2) is 5.69 Å². The van der Waals surface area contributed by atoms with E-state index in [0.717, 1.165) is 0 Å². The molecule has 0 unspecified atom stereocenters. The summed E-state index contributed by atoms with van der Waals surface area (Å²) < 4.78 is 15.0. The number of fused-ring (bicyclic) bond motifs is 2. The fourth-order valence-corrected chi connectivity index (χ4v) is 3.10. The number of nitrogens with one attached hydrogen (secondary N) is 3. The second-order valence-corrected chi connectivity index (χ2v) is 6.31. The van der Waals surface area contributed by atoms with Crippen molar-refractivity contribution >= 4 is 33.5 Å². The fraction of sp³-hybridized carbons (Fsp3) is 0.100. The minimum atomic E-state index is -0.681. The number of rotatable bonds is 3. The molecule has 0 saturated carbocycles. The largest absolute Gasteiger partial charge is 0.350 e. The predicted octanol–water partition coefficient (Wildman–Crippen LogP) is 2.11. The first-order chi connectivity index (χ1) is 14.0. The van der Waals surface area contributed by atoms with Gasteiger partial charge in [-0.05, 0) is 31.2 Å². The zero-order valence-corrected chi connectivity index (χ0v) is 15.3. The number of carbonyl (C=O) groups excluding carboxylic acids is 2. The Labute approximate surface area is 163 Å². The summed E-state index contributed by atoms with van der Waals surface area (Å²) in [6.07, 6.45) is 0. The van der Waals surface area contributed by atoms with Crippen molar-refractivity contribution in [3.05, 3.63) is 76.1 Å². The second kappa shape index (κ2) is 7.19. The Morgan fingerprint density at radius 2 is 1.76 bits per heavy atom. The SMILES string of the molecule is CCn1nc(C(=O)NNC(=O)c2cc3c(F)cccc3[nH]2)c2ccccc2c1=O. The lowest BCUT2D eigenvalue weighted by atomic mass is 10.1. The molecule has 9 heteroatoms. The molecule has 4 rings (SSSR count). The lowest BCUT2D eigenvalue weighted by Gasteiger charge is -2.10. The molecule has 0 atom stereocenters. The highest BCUT2D eigenvalue weighted by Gasteiger charge is 2.18. The van der Waals surface area contributed by atoms with Gasteiger partial charge in [0.2, 0.25) is 0 Å². The Kier molecular flexibility index (Phi) is 4.55. The smallest absolute Gasteiger partial charge is 0.290 e. The summed E-state index contributed by atoms with van der Waals surface area (Å²) in [5, 5.41) is 5.10. The molecular formula is C20H16FN5O3. The molecule has 0 bridgehead atoms. The lowest BCUT2D eigenvalue weighted by Crippen LogP contribution is -2.43. The monoisotopic (exact) mass is 393 g/mol. The number of hydrogen-bond acceptors (Lipinski definition) is 4. The van der Waals surface area contributed by atoms with Crippen LogP contribution in [-0.4, -0.2) is 26.6 Å². The minimum Gasteiger partial charge on any atom is -0.350 e.